The van der Waals surface area contributed by atoms with Crippen LogP contribution in [0.4, 0.5) is 5.69 Å². The Bertz CT molecular complexity index is 503. The normalized spacial score (nSPS) is 14.9. The van der Waals surface area contributed by atoms with Gasteiger partial charge < -0.3 is 5.32 Å². The summed E-state index contributed by atoms with van der Waals surface area (Å²) in [7, 11) is 0. The molecule has 0 spiro atoms. The fourth-order valence-corrected chi connectivity index (χ4v) is 2.13. The Kier molecular flexibility index (Phi) is 2.77. The topological polar surface area (TPSA) is 29.9 Å². The van der Waals surface area contributed by atoms with Crippen molar-refractivity contribution in [2.24, 2.45) is 5.92 Å². The van der Waals surface area contributed by atoms with Crippen LogP contribution in [0.3, 0.4) is 0 Å². The smallest absolute Gasteiger partial charge is 0.106 e. The van der Waals surface area contributed by atoms with Crippen LogP contribution in [-0.2, 0) is 0 Å². The lowest BCUT2D eigenvalue weighted by molar-refractivity contribution is 0.862. The zero-order valence-corrected chi connectivity index (χ0v) is 10.2. The van der Waals surface area contributed by atoms with Gasteiger partial charge in [-0.1, -0.05) is 17.7 Å². The second-order valence-corrected chi connectivity index (χ2v) is 4.82. The van der Waals surface area contributed by atoms with E-state index in [0.717, 1.165) is 28.9 Å². The van der Waals surface area contributed by atoms with Gasteiger partial charge in [-0.25, -0.2) is 4.68 Å². The lowest BCUT2D eigenvalue weighted by Crippen LogP contribution is -2.07. The molecule has 1 heterocycles. The highest BCUT2D eigenvalue weighted by Gasteiger charge is 2.21. The summed E-state index contributed by atoms with van der Waals surface area (Å²) < 4.78 is 1.80. The van der Waals surface area contributed by atoms with E-state index in [9.17, 15) is 0 Å². The van der Waals surface area contributed by atoms with E-state index in [1.54, 1.807) is 10.9 Å². The van der Waals surface area contributed by atoms with Crippen molar-refractivity contribution in [3.05, 3.63) is 41.7 Å². The van der Waals surface area contributed by atoms with Gasteiger partial charge >= 0.3 is 0 Å². The number of aromatic nitrogens is 2. The zero-order valence-electron chi connectivity index (χ0n) is 9.44. The summed E-state index contributed by atoms with van der Waals surface area (Å²) >= 11 is 6.25. The average Bonchev–Trinajstić information content (AvgIpc) is 3.01. The van der Waals surface area contributed by atoms with Crippen molar-refractivity contribution in [1.82, 2.24) is 9.78 Å². The van der Waals surface area contributed by atoms with Gasteiger partial charge in [-0.15, -0.1) is 0 Å². The molecule has 1 aromatic carbocycles. The summed E-state index contributed by atoms with van der Waals surface area (Å²) in [6.45, 7) is 1.02. The van der Waals surface area contributed by atoms with E-state index in [4.69, 9.17) is 11.6 Å². The molecule has 3 nitrogen and oxygen atoms in total. The Morgan fingerprint density at radius 2 is 2.24 bits per heavy atom. The zero-order chi connectivity index (χ0) is 11.7. The molecule has 0 saturated heterocycles. The third-order valence-corrected chi connectivity index (χ3v) is 3.30. The van der Waals surface area contributed by atoms with Gasteiger partial charge in [0.1, 0.15) is 5.69 Å². The summed E-state index contributed by atoms with van der Waals surface area (Å²) in [4.78, 5) is 0. The number of benzene rings is 1. The molecule has 4 heteroatoms. The molecule has 1 aliphatic carbocycles. The SMILES string of the molecule is Clc1cccc(NCC2CC2)c1-n1cccn1. The number of nitrogens with zero attached hydrogens (tertiary/aromatic N) is 2. The van der Waals surface area contributed by atoms with E-state index in [1.165, 1.54) is 12.8 Å². The van der Waals surface area contributed by atoms with Gasteiger partial charge in [-0.3, -0.25) is 0 Å². The van der Waals surface area contributed by atoms with Crippen molar-refractivity contribution in [2.75, 3.05) is 11.9 Å². The van der Waals surface area contributed by atoms with Crippen LogP contribution in [0.15, 0.2) is 36.7 Å². The Balaban J connectivity index is 1.92. The van der Waals surface area contributed by atoms with Gasteiger partial charge in [0.15, 0.2) is 0 Å². The molecule has 1 aliphatic rings. The number of para-hydroxylation sites is 1. The van der Waals surface area contributed by atoms with Crippen LogP contribution in [-0.4, -0.2) is 16.3 Å². The minimum Gasteiger partial charge on any atom is -0.383 e. The molecule has 88 valence electrons. The monoisotopic (exact) mass is 247 g/mol. The van der Waals surface area contributed by atoms with Gasteiger partial charge in [-0.05, 0) is 37.0 Å². The predicted molar refractivity (Wildman–Crippen MR) is 69.8 cm³/mol. The van der Waals surface area contributed by atoms with Gasteiger partial charge in [0.2, 0.25) is 0 Å². The number of nitrogens with one attached hydrogen (secondary N) is 1. The molecule has 0 radical (unpaired) electrons. The van der Waals surface area contributed by atoms with E-state index < -0.39 is 0 Å². The summed E-state index contributed by atoms with van der Waals surface area (Å²) in [5, 5.41) is 8.42. The molecule has 0 atom stereocenters. The summed E-state index contributed by atoms with van der Waals surface area (Å²) in [5.74, 6) is 0.833. The Morgan fingerprint density at radius 1 is 1.35 bits per heavy atom. The van der Waals surface area contributed by atoms with E-state index in [1.807, 2.05) is 30.5 Å². The van der Waals surface area contributed by atoms with E-state index >= 15 is 0 Å². The Hall–Kier alpha value is -1.48. The van der Waals surface area contributed by atoms with Crippen LogP contribution in [0.25, 0.3) is 5.69 Å². The first-order valence-electron chi connectivity index (χ1n) is 5.87. The second kappa shape index (κ2) is 4.41. The third-order valence-electron chi connectivity index (χ3n) is 3.00. The van der Waals surface area contributed by atoms with E-state index in [-0.39, 0.29) is 0 Å². The number of anilines is 1. The highest BCUT2D eigenvalue weighted by Crippen LogP contribution is 2.32. The van der Waals surface area contributed by atoms with Gasteiger partial charge in [0.25, 0.3) is 0 Å². The second-order valence-electron chi connectivity index (χ2n) is 4.41. The molecular weight excluding hydrogens is 234 g/mol. The maximum atomic E-state index is 6.25. The van der Waals surface area contributed by atoms with Crippen molar-refractivity contribution >= 4 is 17.3 Å². The summed E-state index contributed by atoms with van der Waals surface area (Å²) in [5.41, 5.74) is 1.98. The summed E-state index contributed by atoms with van der Waals surface area (Å²) in [6.07, 6.45) is 6.34. The van der Waals surface area contributed by atoms with Crippen LogP contribution in [0.5, 0.6) is 0 Å². The first-order chi connectivity index (χ1) is 8.34. The van der Waals surface area contributed by atoms with Crippen molar-refractivity contribution in [3.63, 3.8) is 0 Å². The first kappa shape index (κ1) is 10.7. The molecule has 0 bridgehead atoms. The van der Waals surface area contributed by atoms with Crippen molar-refractivity contribution in [2.45, 2.75) is 12.8 Å². The number of rotatable bonds is 4. The van der Waals surface area contributed by atoms with Gasteiger partial charge in [0.05, 0.1) is 10.7 Å². The Labute approximate surface area is 105 Å². The molecule has 1 fully saturated rings. The van der Waals surface area contributed by atoms with Crippen molar-refractivity contribution in [1.29, 1.82) is 0 Å². The van der Waals surface area contributed by atoms with Gasteiger partial charge in [0, 0.05) is 18.9 Å². The van der Waals surface area contributed by atoms with Crippen molar-refractivity contribution < 1.29 is 0 Å². The highest BCUT2D eigenvalue weighted by atomic mass is 35.5. The third kappa shape index (κ3) is 2.29. The fourth-order valence-electron chi connectivity index (χ4n) is 1.87. The van der Waals surface area contributed by atoms with Crippen LogP contribution < -0.4 is 5.32 Å². The predicted octanol–water partition coefficient (Wildman–Crippen LogP) is 3.35. The molecule has 2 aromatic rings. The minimum absolute atomic E-state index is 0.717. The molecule has 17 heavy (non-hydrogen) atoms. The molecule has 1 aromatic heterocycles. The quantitative estimate of drug-likeness (QED) is 0.898. The van der Waals surface area contributed by atoms with Crippen molar-refractivity contribution in [3.8, 4) is 5.69 Å². The maximum Gasteiger partial charge on any atom is 0.106 e. The molecular formula is C13H14ClN3. The molecule has 0 amide bonds. The van der Waals surface area contributed by atoms with E-state index in [0.29, 0.717) is 0 Å². The fraction of sp³-hybridized carbons (Fsp3) is 0.308. The highest BCUT2D eigenvalue weighted by molar-refractivity contribution is 6.33. The van der Waals surface area contributed by atoms with E-state index in [2.05, 4.69) is 10.4 Å². The van der Waals surface area contributed by atoms with Crippen LogP contribution >= 0.6 is 11.6 Å². The molecule has 3 rings (SSSR count). The average molecular weight is 248 g/mol. The van der Waals surface area contributed by atoms with Crippen LogP contribution in [0.1, 0.15) is 12.8 Å². The molecule has 1 N–H and O–H groups in total. The van der Waals surface area contributed by atoms with Crippen LogP contribution in [0.2, 0.25) is 5.02 Å². The molecule has 0 unspecified atom stereocenters. The number of hydrogen-bond acceptors (Lipinski definition) is 2. The molecule has 0 aliphatic heterocycles. The van der Waals surface area contributed by atoms with Gasteiger partial charge in [-0.2, -0.15) is 5.10 Å². The standard InChI is InChI=1S/C13H14ClN3/c14-11-3-1-4-12(15-9-10-5-6-10)13(11)17-8-2-7-16-17/h1-4,7-8,10,15H,5-6,9H2. The minimum atomic E-state index is 0.717. The number of halogens is 1. The maximum absolute atomic E-state index is 6.25. The summed E-state index contributed by atoms with van der Waals surface area (Å²) in [6, 6.07) is 7.80. The Morgan fingerprint density at radius 3 is 2.94 bits per heavy atom. The molecule has 1 saturated carbocycles. The van der Waals surface area contributed by atoms with Crippen LogP contribution in [0, 0.1) is 5.92 Å². The lowest BCUT2D eigenvalue weighted by Gasteiger charge is -2.13. The lowest BCUT2D eigenvalue weighted by atomic mass is 10.2. The largest absolute Gasteiger partial charge is 0.383 e. The first-order valence-corrected chi connectivity index (χ1v) is 6.25. The number of hydrogen-bond donors (Lipinski definition) is 1.